The third-order valence-corrected chi connectivity index (χ3v) is 6.11. The van der Waals surface area contributed by atoms with Gasteiger partial charge >= 0.3 is 0 Å². The van der Waals surface area contributed by atoms with E-state index in [1.165, 1.54) is 34.6 Å². The molecule has 0 aromatic carbocycles. The number of carbonyl (C=O) groups is 3. The van der Waals surface area contributed by atoms with Gasteiger partial charge in [-0.15, -0.1) is 11.3 Å². The van der Waals surface area contributed by atoms with E-state index in [2.05, 4.69) is 16.2 Å². The van der Waals surface area contributed by atoms with Crippen LogP contribution in [0.15, 0.2) is 6.07 Å². The van der Waals surface area contributed by atoms with Gasteiger partial charge in [0.25, 0.3) is 11.8 Å². The van der Waals surface area contributed by atoms with Gasteiger partial charge in [-0.2, -0.15) is 0 Å². The fourth-order valence-electron chi connectivity index (χ4n) is 3.35. The molecule has 1 aliphatic carbocycles. The van der Waals surface area contributed by atoms with Crippen LogP contribution in [0.3, 0.4) is 0 Å². The summed E-state index contributed by atoms with van der Waals surface area (Å²) >= 11 is 1.52. The number of nitrogens with one attached hydrogen (secondary N) is 3. The van der Waals surface area contributed by atoms with Gasteiger partial charge in [-0.25, -0.2) is 0 Å². The van der Waals surface area contributed by atoms with Crippen LogP contribution in [0.1, 0.15) is 79.9 Å². The molecule has 28 heavy (non-hydrogen) atoms. The zero-order valence-corrected chi connectivity index (χ0v) is 18.2. The highest BCUT2D eigenvalue weighted by atomic mass is 32.1. The van der Waals surface area contributed by atoms with Crippen LogP contribution in [0, 0.1) is 11.8 Å². The van der Waals surface area contributed by atoms with Gasteiger partial charge in [0.15, 0.2) is 0 Å². The Morgan fingerprint density at radius 1 is 1.00 bits per heavy atom. The van der Waals surface area contributed by atoms with Crippen LogP contribution in [0.25, 0.3) is 0 Å². The van der Waals surface area contributed by atoms with Gasteiger partial charge in [-0.3, -0.25) is 25.2 Å². The second-order valence-electron chi connectivity index (χ2n) is 8.30. The molecule has 1 atom stereocenters. The lowest BCUT2D eigenvalue weighted by Crippen LogP contribution is -2.54. The molecule has 1 heterocycles. The molecule has 1 unspecified atom stereocenters. The topological polar surface area (TPSA) is 87.3 Å². The van der Waals surface area contributed by atoms with Crippen molar-refractivity contribution in [2.24, 2.45) is 11.8 Å². The first-order valence-electron chi connectivity index (χ1n) is 10.3. The van der Waals surface area contributed by atoms with E-state index in [-0.39, 0.29) is 23.7 Å². The van der Waals surface area contributed by atoms with Crippen molar-refractivity contribution in [2.45, 2.75) is 78.7 Å². The molecule has 0 spiro atoms. The van der Waals surface area contributed by atoms with Gasteiger partial charge in [0, 0.05) is 11.3 Å². The SMILES string of the molecule is CC(C)CC(=O)NC(C(=O)NNC(=O)c1cc2c(s1)CCCCCC2)C(C)C. The maximum Gasteiger partial charge on any atom is 0.279 e. The normalized spacial score (nSPS) is 15.4. The fraction of sp³-hybridized carbons (Fsp3) is 0.667. The summed E-state index contributed by atoms with van der Waals surface area (Å²) in [5.74, 6) is -0.742. The van der Waals surface area contributed by atoms with Crippen LogP contribution >= 0.6 is 11.3 Å². The van der Waals surface area contributed by atoms with Gasteiger partial charge in [0.1, 0.15) is 6.04 Å². The monoisotopic (exact) mass is 407 g/mol. The highest BCUT2D eigenvalue weighted by Gasteiger charge is 2.25. The molecule has 3 amide bonds. The van der Waals surface area contributed by atoms with E-state index in [0.29, 0.717) is 11.3 Å². The van der Waals surface area contributed by atoms with Crippen LogP contribution in [-0.4, -0.2) is 23.8 Å². The molecule has 0 bridgehead atoms. The van der Waals surface area contributed by atoms with Crippen LogP contribution < -0.4 is 16.2 Å². The van der Waals surface area contributed by atoms with Crippen LogP contribution in [-0.2, 0) is 22.4 Å². The Kier molecular flexibility index (Phi) is 8.48. The highest BCUT2D eigenvalue weighted by molar-refractivity contribution is 7.14. The minimum atomic E-state index is -0.685. The van der Waals surface area contributed by atoms with E-state index in [1.54, 1.807) is 0 Å². The third kappa shape index (κ3) is 6.62. The van der Waals surface area contributed by atoms with E-state index in [1.807, 2.05) is 33.8 Å². The molecule has 0 fully saturated rings. The average molecular weight is 408 g/mol. The van der Waals surface area contributed by atoms with E-state index in [9.17, 15) is 14.4 Å². The van der Waals surface area contributed by atoms with Crippen LogP contribution in [0.5, 0.6) is 0 Å². The van der Waals surface area contributed by atoms with E-state index in [0.717, 1.165) is 25.7 Å². The van der Waals surface area contributed by atoms with Crippen molar-refractivity contribution in [3.05, 3.63) is 21.4 Å². The minimum Gasteiger partial charge on any atom is -0.344 e. The zero-order valence-electron chi connectivity index (χ0n) is 17.4. The molecule has 1 aliphatic rings. The summed E-state index contributed by atoms with van der Waals surface area (Å²) in [7, 11) is 0. The number of hydrazine groups is 1. The summed E-state index contributed by atoms with van der Waals surface area (Å²) < 4.78 is 0. The van der Waals surface area contributed by atoms with Crippen molar-refractivity contribution in [3.63, 3.8) is 0 Å². The number of rotatable bonds is 6. The predicted molar refractivity (Wildman–Crippen MR) is 112 cm³/mol. The summed E-state index contributed by atoms with van der Waals surface area (Å²) in [6.45, 7) is 7.63. The Hall–Kier alpha value is -1.89. The molecule has 156 valence electrons. The lowest BCUT2D eigenvalue weighted by Gasteiger charge is -2.22. The largest absolute Gasteiger partial charge is 0.344 e. The number of aryl methyl sites for hydroxylation is 2. The molecule has 0 saturated heterocycles. The summed E-state index contributed by atoms with van der Waals surface area (Å²) in [4.78, 5) is 38.9. The van der Waals surface area contributed by atoms with Crippen molar-refractivity contribution < 1.29 is 14.4 Å². The molecule has 0 saturated carbocycles. The summed E-state index contributed by atoms with van der Waals surface area (Å²) in [6, 6.07) is 1.27. The first-order valence-corrected chi connectivity index (χ1v) is 11.1. The van der Waals surface area contributed by atoms with Gasteiger partial charge < -0.3 is 5.32 Å². The molecular formula is C21H33N3O3S. The second kappa shape index (κ2) is 10.6. The number of amides is 3. The molecule has 2 rings (SSSR count). The Morgan fingerprint density at radius 3 is 2.32 bits per heavy atom. The van der Waals surface area contributed by atoms with E-state index < -0.39 is 11.9 Å². The molecule has 1 aromatic rings. The Balaban J connectivity index is 1.93. The van der Waals surface area contributed by atoms with Crippen molar-refractivity contribution in [2.75, 3.05) is 0 Å². The maximum atomic E-state index is 12.5. The standard InChI is InChI=1S/C21H33N3O3S/c1-13(2)11-18(25)22-19(14(3)4)21(27)24-23-20(26)17-12-15-9-7-5-6-8-10-16(15)28-17/h12-14,19H,5-11H2,1-4H3,(H,22,25)(H,23,26)(H,24,27). The van der Waals surface area contributed by atoms with Gasteiger partial charge in [-0.05, 0) is 49.1 Å². The first kappa shape index (κ1) is 22.4. The lowest BCUT2D eigenvalue weighted by atomic mass is 10.00. The third-order valence-electron chi connectivity index (χ3n) is 4.88. The van der Waals surface area contributed by atoms with Crippen molar-refractivity contribution in [1.82, 2.24) is 16.2 Å². The fourth-order valence-corrected chi connectivity index (χ4v) is 4.50. The van der Waals surface area contributed by atoms with E-state index in [4.69, 9.17) is 0 Å². The summed E-state index contributed by atoms with van der Waals surface area (Å²) in [5, 5.41) is 2.77. The molecule has 0 radical (unpaired) electrons. The van der Waals surface area contributed by atoms with Crippen LogP contribution in [0.4, 0.5) is 0 Å². The van der Waals surface area contributed by atoms with E-state index >= 15 is 0 Å². The number of thiophene rings is 1. The number of fused-ring (bicyclic) bond motifs is 1. The Labute approximate surface area is 171 Å². The van der Waals surface area contributed by atoms with Gasteiger partial charge in [0.2, 0.25) is 5.91 Å². The number of carbonyl (C=O) groups excluding carboxylic acids is 3. The number of hydrogen-bond donors (Lipinski definition) is 3. The summed E-state index contributed by atoms with van der Waals surface area (Å²) in [5.41, 5.74) is 6.25. The zero-order chi connectivity index (χ0) is 20.7. The van der Waals surface area contributed by atoms with Crippen molar-refractivity contribution >= 4 is 29.1 Å². The van der Waals surface area contributed by atoms with Crippen molar-refractivity contribution in [3.8, 4) is 0 Å². The molecule has 7 heteroatoms. The minimum absolute atomic E-state index is 0.0884. The average Bonchev–Trinajstić information content (AvgIpc) is 2.98. The molecule has 3 N–H and O–H groups in total. The van der Waals surface area contributed by atoms with Gasteiger partial charge in [-0.1, -0.05) is 40.5 Å². The van der Waals surface area contributed by atoms with Gasteiger partial charge in [0.05, 0.1) is 4.88 Å². The summed E-state index contributed by atoms with van der Waals surface area (Å²) in [6.07, 6.45) is 7.22. The molecule has 6 nitrogen and oxygen atoms in total. The predicted octanol–water partition coefficient (Wildman–Crippen LogP) is 3.36. The Bertz CT molecular complexity index is 672. The smallest absolute Gasteiger partial charge is 0.279 e. The quantitative estimate of drug-likeness (QED) is 0.632. The van der Waals surface area contributed by atoms with Crippen molar-refractivity contribution in [1.29, 1.82) is 0 Å². The van der Waals surface area contributed by atoms with Crippen LogP contribution in [0.2, 0.25) is 0 Å². The second-order valence-corrected chi connectivity index (χ2v) is 9.44. The number of hydrogen-bond acceptors (Lipinski definition) is 4. The molecular weight excluding hydrogens is 374 g/mol. The molecule has 1 aromatic heterocycles. The highest BCUT2D eigenvalue weighted by Crippen LogP contribution is 2.28. The maximum absolute atomic E-state index is 12.5. The lowest BCUT2D eigenvalue weighted by molar-refractivity contribution is -0.130. The molecule has 0 aliphatic heterocycles. The Morgan fingerprint density at radius 2 is 1.68 bits per heavy atom. The first-order chi connectivity index (χ1) is 13.3.